The number of nitrogens with two attached hydrogens (primary N) is 1. The molecule has 1 fully saturated rings. The predicted molar refractivity (Wildman–Crippen MR) is 75.5 cm³/mol. The third-order valence-electron chi connectivity index (χ3n) is 4.03. The zero-order valence-electron chi connectivity index (χ0n) is 11.2. The number of hydrogen-bond acceptors (Lipinski definition) is 2. The molecule has 0 spiro atoms. The minimum Gasteiger partial charge on any atom is -0.368 e. The Kier molecular flexibility index (Phi) is 3.03. The molecule has 1 saturated heterocycles. The van der Waals surface area contributed by atoms with E-state index in [0.29, 0.717) is 0 Å². The lowest BCUT2D eigenvalue weighted by Crippen LogP contribution is -2.39. The maximum absolute atomic E-state index is 11.4. The largest absolute Gasteiger partial charge is 0.368 e. The Morgan fingerprint density at radius 1 is 1.42 bits per heavy atom. The van der Waals surface area contributed by atoms with E-state index < -0.39 is 0 Å². The molecule has 1 aromatic carbocycles. The number of aryl methyl sites for hydroxylation is 1. The van der Waals surface area contributed by atoms with Crippen LogP contribution in [0.3, 0.4) is 0 Å². The molecule has 19 heavy (non-hydrogen) atoms. The summed E-state index contributed by atoms with van der Waals surface area (Å²) in [6.45, 7) is 1.76. The van der Waals surface area contributed by atoms with Gasteiger partial charge in [-0.3, -0.25) is 9.69 Å². The maximum atomic E-state index is 11.4. The van der Waals surface area contributed by atoms with Gasteiger partial charge in [0.15, 0.2) is 0 Å². The molecule has 4 heteroatoms. The van der Waals surface area contributed by atoms with Crippen molar-refractivity contribution in [3.8, 4) is 0 Å². The van der Waals surface area contributed by atoms with Gasteiger partial charge in [-0.05, 0) is 42.5 Å². The van der Waals surface area contributed by atoms with Gasteiger partial charge in [-0.2, -0.15) is 0 Å². The Morgan fingerprint density at radius 2 is 2.26 bits per heavy atom. The van der Waals surface area contributed by atoms with Gasteiger partial charge in [0.05, 0.1) is 6.04 Å². The summed E-state index contributed by atoms with van der Waals surface area (Å²) in [6.07, 6.45) is 4.01. The summed E-state index contributed by atoms with van der Waals surface area (Å²) in [5.41, 5.74) is 7.92. The highest BCUT2D eigenvalue weighted by Crippen LogP contribution is 2.22. The van der Waals surface area contributed by atoms with E-state index in [1.54, 1.807) is 0 Å². The predicted octanol–water partition coefficient (Wildman–Crippen LogP) is 1.63. The number of amides is 1. The number of fused-ring (bicyclic) bond motifs is 1. The van der Waals surface area contributed by atoms with E-state index in [9.17, 15) is 4.79 Å². The third-order valence-corrected chi connectivity index (χ3v) is 4.03. The molecule has 0 bridgehead atoms. The van der Waals surface area contributed by atoms with Crippen LogP contribution in [0.25, 0.3) is 10.9 Å². The fraction of sp³-hybridized carbons (Fsp3) is 0.400. The van der Waals surface area contributed by atoms with Gasteiger partial charge in [-0.15, -0.1) is 0 Å². The molecule has 1 amide bonds. The Balaban J connectivity index is 1.84. The standard InChI is InChI=1S/C15H19N3O/c1-17-8-6-12-5-4-11(9-14(12)17)10-18-7-2-3-13(18)15(16)19/h4-6,8-9,13H,2-3,7,10H2,1H3,(H2,16,19)/t13-/m0/s1. The minimum absolute atomic E-state index is 0.0934. The van der Waals surface area contributed by atoms with Gasteiger partial charge in [-0.1, -0.05) is 12.1 Å². The van der Waals surface area contributed by atoms with Crippen LogP contribution in [-0.4, -0.2) is 28.0 Å². The molecule has 0 aliphatic carbocycles. The second kappa shape index (κ2) is 4.70. The van der Waals surface area contributed by atoms with Crippen molar-refractivity contribution in [1.82, 2.24) is 9.47 Å². The van der Waals surface area contributed by atoms with Crippen LogP contribution in [0.4, 0.5) is 0 Å². The van der Waals surface area contributed by atoms with Crippen molar-refractivity contribution in [2.24, 2.45) is 12.8 Å². The molecule has 2 N–H and O–H groups in total. The number of nitrogens with zero attached hydrogens (tertiary/aromatic N) is 2. The Hall–Kier alpha value is -1.81. The average Bonchev–Trinajstić information content (AvgIpc) is 2.98. The monoisotopic (exact) mass is 257 g/mol. The highest BCUT2D eigenvalue weighted by Gasteiger charge is 2.28. The topological polar surface area (TPSA) is 51.3 Å². The molecule has 1 aliphatic rings. The first-order valence-corrected chi connectivity index (χ1v) is 6.72. The minimum atomic E-state index is -0.197. The van der Waals surface area contributed by atoms with Crippen molar-refractivity contribution in [3.05, 3.63) is 36.0 Å². The molecule has 1 atom stereocenters. The van der Waals surface area contributed by atoms with Crippen LogP contribution < -0.4 is 5.73 Å². The lowest BCUT2D eigenvalue weighted by Gasteiger charge is -2.21. The Morgan fingerprint density at radius 3 is 3.05 bits per heavy atom. The van der Waals surface area contributed by atoms with Crippen molar-refractivity contribution in [2.45, 2.75) is 25.4 Å². The lowest BCUT2D eigenvalue weighted by atomic mass is 10.1. The number of likely N-dealkylation sites (tertiary alicyclic amines) is 1. The van der Waals surface area contributed by atoms with Crippen molar-refractivity contribution in [2.75, 3.05) is 6.54 Å². The van der Waals surface area contributed by atoms with Crippen LogP contribution in [0.2, 0.25) is 0 Å². The van der Waals surface area contributed by atoms with Crippen molar-refractivity contribution in [1.29, 1.82) is 0 Å². The molecule has 3 rings (SSSR count). The summed E-state index contributed by atoms with van der Waals surface area (Å²) in [5, 5.41) is 1.25. The summed E-state index contributed by atoms with van der Waals surface area (Å²) in [5.74, 6) is -0.197. The summed E-state index contributed by atoms with van der Waals surface area (Å²) in [6, 6.07) is 8.50. The van der Waals surface area contributed by atoms with Crippen LogP contribution >= 0.6 is 0 Å². The molecule has 100 valence electrons. The fourth-order valence-electron chi connectivity index (χ4n) is 2.98. The summed E-state index contributed by atoms with van der Waals surface area (Å²) in [7, 11) is 2.05. The van der Waals surface area contributed by atoms with Gasteiger partial charge in [0.25, 0.3) is 0 Å². The van der Waals surface area contributed by atoms with Crippen molar-refractivity contribution in [3.63, 3.8) is 0 Å². The zero-order valence-corrected chi connectivity index (χ0v) is 11.2. The molecule has 1 aromatic heterocycles. The SMILES string of the molecule is Cn1ccc2ccc(CN3CCC[C@H]3C(N)=O)cc21. The number of carbonyl (C=O) groups is 1. The van der Waals surface area contributed by atoms with Crippen LogP contribution in [-0.2, 0) is 18.4 Å². The van der Waals surface area contributed by atoms with E-state index in [1.807, 2.05) is 7.05 Å². The normalized spacial score (nSPS) is 20.2. The Bertz CT molecular complexity index is 617. The molecular formula is C15H19N3O. The highest BCUT2D eigenvalue weighted by molar-refractivity contribution is 5.81. The van der Waals surface area contributed by atoms with Gasteiger partial charge < -0.3 is 10.3 Å². The highest BCUT2D eigenvalue weighted by atomic mass is 16.1. The number of carbonyl (C=O) groups excluding carboxylic acids is 1. The molecule has 4 nitrogen and oxygen atoms in total. The van der Waals surface area contributed by atoms with Crippen LogP contribution in [0.5, 0.6) is 0 Å². The van der Waals surface area contributed by atoms with E-state index in [2.05, 4.69) is 39.9 Å². The first kappa shape index (κ1) is 12.2. The van der Waals surface area contributed by atoms with E-state index in [1.165, 1.54) is 16.5 Å². The summed E-state index contributed by atoms with van der Waals surface area (Å²) < 4.78 is 2.12. The molecular weight excluding hydrogens is 238 g/mol. The maximum Gasteiger partial charge on any atom is 0.234 e. The molecule has 0 unspecified atom stereocenters. The lowest BCUT2D eigenvalue weighted by molar-refractivity contribution is -0.122. The number of hydrogen-bond donors (Lipinski definition) is 1. The average molecular weight is 257 g/mol. The smallest absolute Gasteiger partial charge is 0.234 e. The Labute approximate surface area is 112 Å². The number of aromatic nitrogens is 1. The second-order valence-corrected chi connectivity index (χ2v) is 5.35. The molecule has 2 heterocycles. The summed E-state index contributed by atoms with van der Waals surface area (Å²) >= 11 is 0. The van der Waals surface area contributed by atoms with Gasteiger partial charge in [0, 0.05) is 25.3 Å². The third kappa shape index (κ3) is 2.24. The van der Waals surface area contributed by atoms with Crippen LogP contribution in [0.1, 0.15) is 18.4 Å². The van der Waals surface area contributed by atoms with E-state index in [4.69, 9.17) is 5.73 Å². The quantitative estimate of drug-likeness (QED) is 0.908. The molecule has 0 radical (unpaired) electrons. The molecule has 1 aliphatic heterocycles. The van der Waals surface area contributed by atoms with E-state index in [-0.39, 0.29) is 11.9 Å². The molecule has 0 saturated carbocycles. The summed E-state index contributed by atoms with van der Waals surface area (Å²) in [4.78, 5) is 13.6. The van der Waals surface area contributed by atoms with E-state index >= 15 is 0 Å². The van der Waals surface area contributed by atoms with E-state index in [0.717, 1.165) is 25.9 Å². The first-order valence-electron chi connectivity index (χ1n) is 6.72. The van der Waals surface area contributed by atoms with Crippen molar-refractivity contribution >= 4 is 16.8 Å². The number of primary amides is 1. The van der Waals surface area contributed by atoms with Crippen LogP contribution in [0.15, 0.2) is 30.5 Å². The number of benzene rings is 1. The van der Waals surface area contributed by atoms with Gasteiger partial charge in [0.1, 0.15) is 0 Å². The molecule has 2 aromatic rings. The first-order chi connectivity index (χ1) is 9.15. The van der Waals surface area contributed by atoms with Crippen LogP contribution in [0, 0.1) is 0 Å². The van der Waals surface area contributed by atoms with Gasteiger partial charge >= 0.3 is 0 Å². The second-order valence-electron chi connectivity index (χ2n) is 5.35. The zero-order chi connectivity index (χ0) is 13.4. The number of rotatable bonds is 3. The van der Waals surface area contributed by atoms with Gasteiger partial charge in [-0.25, -0.2) is 0 Å². The van der Waals surface area contributed by atoms with Gasteiger partial charge in [0.2, 0.25) is 5.91 Å². The van der Waals surface area contributed by atoms with Crippen molar-refractivity contribution < 1.29 is 4.79 Å². The fourth-order valence-corrected chi connectivity index (χ4v) is 2.98.